The molecule has 1 aromatic carbocycles. The number of H-pyrrole nitrogens is 1. The fourth-order valence-corrected chi connectivity index (χ4v) is 2.01. The van der Waals surface area contributed by atoms with E-state index >= 15 is 0 Å². The molecular formula is C13H15FN2O. The predicted octanol–water partition coefficient (Wildman–Crippen LogP) is 2.79. The first-order valence-corrected chi connectivity index (χ1v) is 5.57. The Morgan fingerprint density at radius 3 is 2.71 bits per heavy atom. The third-order valence-corrected chi connectivity index (χ3v) is 2.91. The van der Waals surface area contributed by atoms with Gasteiger partial charge >= 0.3 is 0 Å². The van der Waals surface area contributed by atoms with Crippen LogP contribution in [0.25, 0.3) is 10.9 Å². The summed E-state index contributed by atoms with van der Waals surface area (Å²) in [6, 6.07) is 2.84. The van der Waals surface area contributed by atoms with Crippen LogP contribution in [0.3, 0.4) is 0 Å². The number of halogens is 1. The molecule has 1 heterocycles. The lowest BCUT2D eigenvalue weighted by Crippen LogP contribution is -2.18. The van der Waals surface area contributed by atoms with Crippen LogP contribution in [0.15, 0.2) is 18.3 Å². The van der Waals surface area contributed by atoms with E-state index in [9.17, 15) is 9.18 Å². The van der Waals surface area contributed by atoms with E-state index in [0.29, 0.717) is 16.5 Å². The van der Waals surface area contributed by atoms with Gasteiger partial charge in [0.05, 0.1) is 11.1 Å². The molecule has 0 aliphatic carbocycles. The van der Waals surface area contributed by atoms with Gasteiger partial charge in [-0.2, -0.15) is 0 Å². The van der Waals surface area contributed by atoms with Gasteiger partial charge < -0.3 is 10.3 Å². The van der Waals surface area contributed by atoms with Crippen molar-refractivity contribution in [1.82, 2.24) is 10.3 Å². The molecular weight excluding hydrogens is 219 g/mol. The molecule has 0 aliphatic rings. The summed E-state index contributed by atoms with van der Waals surface area (Å²) in [5.41, 5.74) is 1.92. The summed E-state index contributed by atoms with van der Waals surface area (Å²) in [5, 5.41) is 3.06. The average molecular weight is 234 g/mol. The van der Waals surface area contributed by atoms with Crippen molar-refractivity contribution >= 4 is 16.8 Å². The average Bonchev–Trinajstić information content (AvgIpc) is 2.74. The van der Waals surface area contributed by atoms with Crippen LogP contribution < -0.4 is 5.32 Å². The molecule has 0 saturated carbocycles. The summed E-state index contributed by atoms with van der Waals surface area (Å²) in [7, 11) is 1.56. The van der Waals surface area contributed by atoms with Crippen molar-refractivity contribution < 1.29 is 9.18 Å². The van der Waals surface area contributed by atoms with Crippen molar-refractivity contribution in [2.24, 2.45) is 0 Å². The second-order valence-electron chi connectivity index (χ2n) is 4.32. The smallest absolute Gasteiger partial charge is 0.253 e. The van der Waals surface area contributed by atoms with E-state index in [1.165, 1.54) is 12.1 Å². The van der Waals surface area contributed by atoms with Gasteiger partial charge in [-0.25, -0.2) is 4.39 Å². The first-order valence-electron chi connectivity index (χ1n) is 5.57. The predicted molar refractivity (Wildman–Crippen MR) is 65.7 cm³/mol. The summed E-state index contributed by atoms with van der Waals surface area (Å²) in [4.78, 5) is 14.7. The third-order valence-electron chi connectivity index (χ3n) is 2.91. The van der Waals surface area contributed by atoms with Gasteiger partial charge in [-0.3, -0.25) is 4.79 Å². The second kappa shape index (κ2) is 4.20. The summed E-state index contributed by atoms with van der Waals surface area (Å²) >= 11 is 0. The summed E-state index contributed by atoms with van der Waals surface area (Å²) < 4.78 is 13.8. The molecule has 1 amide bonds. The van der Waals surface area contributed by atoms with E-state index in [4.69, 9.17) is 0 Å². The Kier molecular flexibility index (Phi) is 2.88. The molecule has 2 aromatic rings. The number of rotatable bonds is 2. The zero-order chi connectivity index (χ0) is 12.6. The molecule has 0 spiro atoms. The number of aromatic amines is 1. The second-order valence-corrected chi connectivity index (χ2v) is 4.32. The van der Waals surface area contributed by atoms with Crippen molar-refractivity contribution in [3.63, 3.8) is 0 Å². The normalized spacial score (nSPS) is 11.1. The molecule has 2 N–H and O–H groups in total. The minimum atomic E-state index is -0.294. The number of benzene rings is 1. The van der Waals surface area contributed by atoms with Crippen molar-refractivity contribution in [2.75, 3.05) is 7.05 Å². The van der Waals surface area contributed by atoms with Crippen molar-refractivity contribution in [3.8, 4) is 0 Å². The van der Waals surface area contributed by atoms with Gasteiger partial charge in [0.15, 0.2) is 0 Å². The molecule has 1 aromatic heterocycles. The molecule has 0 bridgehead atoms. The molecule has 0 saturated heterocycles. The quantitative estimate of drug-likeness (QED) is 0.824. The maximum atomic E-state index is 13.8. The zero-order valence-electron chi connectivity index (χ0n) is 10.1. The van der Waals surface area contributed by atoms with Crippen LogP contribution in [0.4, 0.5) is 4.39 Å². The van der Waals surface area contributed by atoms with Crippen LogP contribution in [0.2, 0.25) is 0 Å². The molecule has 0 radical (unpaired) electrons. The number of nitrogens with one attached hydrogen (secondary N) is 2. The number of aromatic nitrogens is 1. The van der Waals surface area contributed by atoms with E-state index in [2.05, 4.69) is 10.3 Å². The number of carbonyl (C=O) groups excluding carboxylic acids is 1. The monoisotopic (exact) mass is 234 g/mol. The van der Waals surface area contributed by atoms with Gasteiger partial charge in [0, 0.05) is 18.6 Å². The number of hydrogen-bond acceptors (Lipinski definition) is 1. The van der Waals surface area contributed by atoms with Crippen molar-refractivity contribution in [3.05, 3.63) is 35.3 Å². The Balaban J connectivity index is 2.76. The summed E-state index contributed by atoms with van der Waals surface area (Å²) in [6.45, 7) is 3.99. The molecule has 0 atom stereocenters. The molecule has 4 heteroatoms. The highest BCUT2D eigenvalue weighted by Crippen LogP contribution is 2.29. The van der Waals surface area contributed by atoms with Crippen LogP contribution in [0.5, 0.6) is 0 Å². The van der Waals surface area contributed by atoms with Gasteiger partial charge in [0.1, 0.15) is 5.82 Å². The summed E-state index contributed by atoms with van der Waals surface area (Å²) in [6.07, 6.45) is 1.77. The highest BCUT2D eigenvalue weighted by Gasteiger charge is 2.17. The highest BCUT2D eigenvalue weighted by atomic mass is 19.1. The molecule has 90 valence electrons. The molecule has 0 unspecified atom stereocenters. The van der Waals surface area contributed by atoms with Gasteiger partial charge in [0.2, 0.25) is 0 Å². The van der Waals surface area contributed by atoms with Crippen LogP contribution in [0, 0.1) is 5.82 Å². The number of carbonyl (C=O) groups is 1. The fourth-order valence-electron chi connectivity index (χ4n) is 2.01. The fraction of sp³-hybridized carbons (Fsp3) is 0.308. The number of amides is 1. The maximum absolute atomic E-state index is 13.8. The molecule has 0 fully saturated rings. The van der Waals surface area contributed by atoms with Crippen molar-refractivity contribution in [1.29, 1.82) is 0 Å². The highest BCUT2D eigenvalue weighted by molar-refractivity contribution is 6.06. The van der Waals surface area contributed by atoms with Crippen LogP contribution >= 0.6 is 0 Å². The standard InChI is InChI=1S/C13H15FN2O/c1-7(2)9-6-16-12-8(13(17)15-3)4-5-10(14)11(9)12/h4-7,16H,1-3H3,(H,15,17). The first kappa shape index (κ1) is 11.6. The zero-order valence-corrected chi connectivity index (χ0v) is 10.1. The Morgan fingerprint density at radius 1 is 1.41 bits per heavy atom. The van der Waals surface area contributed by atoms with Crippen LogP contribution in [0.1, 0.15) is 35.7 Å². The Labute approximate surface area is 99.0 Å². The van der Waals surface area contributed by atoms with E-state index in [-0.39, 0.29) is 17.6 Å². The molecule has 0 aliphatic heterocycles. The Bertz CT molecular complexity index is 572. The van der Waals surface area contributed by atoms with Gasteiger partial charge in [-0.1, -0.05) is 13.8 Å². The van der Waals surface area contributed by atoms with Crippen molar-refractivity contribution in [2.45, 2.75) is 19.8 Å². The Morgan fingerprint density at radius 2 is 2.12 bits per heavy atom. The lowest BCUT2D eigenvalue weighted by Gasteiger charge is -2.06. The Hall–Kier alpha value is -1.84. The van der Waals surface area contributed by atoms with Crippen LogP contribution in [-0.2, 0) is 0 Å². The van der Waals surface area contributed by atoms with E-state index in [1.54, 1.807) is 13.2 Å². The molecule has 3 nitrogen and oxygen atoms in total. The lowest BCUT2D eigenvalue weighted by atomic mass is 10.0. The van der Waals surface area contributed by atoms with Gasteiger partial charge in [-0.05, 0) is 23.6 Å². The first-order chi connectivity index (χ1) is 8.06. The number of hydrogen-bond donors (Lipinski definition) is 2. The molecule has 2 rings (SSSR count). The van der Waals surface area contributed by atoms with E-state index < -0.39 is 0 Å². The summed E-state index contributed by atoms with van der Waals surface area (Å²) in [5.74, 6) is -0.303. The third kappa shape index (κ3) is 1.79. The number of fused-ring (bicyclic) bond motifs is 1. The maximum Gasteiger partial charge on any atom is 0.253 e. The SMILES string of the molecule is CNC(=O)c1ccc(F)c2c(C(C)C)c[nH]c12. The largest absolute Gasteiger partial charge is 0.360 e. The molecule has 17 heavy (non-hydrogen) atoms. The topological polar surface area (TPSA) is 44.9 Å². The minimum absolute atomic E-state index is 0.207. The lowest BCUT2D eigenvalue weighted by molar-refractivity contribution is 0.0964. The van der Waals surface area contributed by atoms with Gasteiger partial charge in [-0.15, -0.1) is 0 Å². The van der Waals surface area contributed by atoms with E-state index in [1.807, 2.05) is 13.8 Å². The van der Waals surface area contributed by atoms with Crippen LogP contribution in [-0.4, -0.2) is 17.9 Å². The van der Waals surface area contributed by atoms with Gasteiger partial charge in [0.25, 0.3) is 5.91 Å². The van der Waals surface area contributed by atoms with E-state index in [0.717, 1.165) is 5.56 Å². The minimum Gasteiger partial charge on any atom is -0.360 e.